The van der Waals surface area contributed by atoms with E-state index in [9.17, 15) is 22.0 Å². The van der Waals surface area contributed by atoms with Crippen LogP contribution in [0.5, 0.6) is 11.5 Å². The number of aryl methyl sites for hydroxylation is 1. The van der Waals surface area contributed by atoms with Crippen LogP contribution in [0.2, 0.25) is 0 Å². The molecule has 0 unspecified atom stereocenters. The SMILES string of the molecule is FC(F)Oc1ccc(OC(F)(F)F)cc1CCCBr. The molecule has 0 aliphatic heterocycles. The van der Waals surface area contributed by atoms with E-state index in [0.717, 1.165) is 18.2 Å². The van der Waals surface area contributed by atoms with Crippen LogP contribution in [-0.4, -0.2) is 18.3 Å². The van der Waals surface area contributed by atoms with Gasteiger partial charge in [0.15, 0.2) is 0 Å². The first kappa shape index (κ1) is 16.0. The second-order valence-electron chi connectivity index (χ2n) is 3.49. The fourth-order valence-electron chi connectivity index (χ4n) is 1.42. The third-order valence-electron chi connectivity index (χ3n) is 2.06. The van der Waals surface area contributed by atoms with Gasteiger partial charge in [-0.2, -0.15) is 8.78 Å². The van der Waals surface area contributed by atoms with E-state index in [1.165, 1.54) is 0 Å². The minimum Gasteiger partial charge on any atom is -0.435 e. The Morgan fingerprint density at radius 3 is 2.42 bits per heavy atom. The van der Waals surface area contributed by atoms with Crippen molar-refractivity contribution < 1.29 is 31.4 Å². The third kappa shape index (κ3) is 6.09. The molecule has 1 aromatic rings. The van der Waals surface area contributed by atoms with Crippen LogP contribution in [0, 0.1) is 0 Å². The first-order chi connectivity index (χ1) is 8.81. The van der Waals surface area contributed by atoms with Crippen molar-refractivity contribution in [3.8, 4) is 11.5 Å². The molecule has 8 heteroatoms. The lowest BCUT2D eigenvalue weighted by Gasteiger charge is -2.14. The number of alkyl halides is 6. The summed E-state index contributed by atoms with van der Waals surface area (Å²) in [5, 5.41) is 0.589. The normalized spacial score (nSPS) is 11.7. The fourth-order valence-corrected chi connectivity index (χ4v) is 1.70. The van der Waals surface area contributed by atoms with E-state index in [0.29, 0.717) is 18.2 Å². The predicted molar refractivity (Wildman–Crippen MR) is 61.9 cm³/mol. The Morgan fingerprint density at radius 1 is 1.21 bits per heavy atom. The summed E-state index contributed by atoms with van der Waals surface area (Å²) < 4.78 is 68.4. The number of ether oxygens (including phenoxy) is 2. The summed E-state index contributed by atoms with van der Waals surface area (Å²) in [6, 6.07) is 3.02. The lowest BCUT2D eigenvalue weighted by molar-refractivity contribution is -0.274. The summed E-state index contributed by atoms with van der Waals surface area (Å²) in [7, 11) is 0. The zero-order chi connectivity index (χ0) is 14.5. The summed E-state index contributed by atoms with van der Waals surface area (Å²) >= 11 is 3.15. The quantitative estimate of drug-likeness (QED) is 0.556. The Bertz CT molecular complexity index is 409. The molecule has 1 rings (SSSR count). The second kappa shape index (κ2) is 6.93. The number of halogens is 6. The molecule has 0 saturated heterocycles. The monoisotopic (exact) mass is 348 g/mol. The topological polar surface area (TPSA) is 18.5 Å². The number of benzene rings is 1. The lowest BCUT2D eigenvalue weighted by Crippen LogP contribution is -2.17. The maximum absolute atomic E-state index is 12.2. The molecule has 0 fully saturated rings. The zero-order valence-electron chi connectivity index (χ0n) is 9.52. The van der Waals surface area contributed by atoms with Crippen LogP contribution in [0.3, 0.4) is 0 Å². The van der Waals surface area contributed by atoms with Crippen LogP contribution in [0.1, 0.15) is 12.0 Å². The number of hydrogen-bond donors (Lipinski definition) is 0. The van der Waals surface area contributed by atoms with Crippen molar-refractivity contribution in [2.24, 2.45) is 0 Å². The van der Waals surface area contributed by atoms with Crippen LogP contribution >= 0.6 is 15.9 Å². The Balaban J connectivity index is 2.93. The molecule has 0 heterocycles. The van der Waals surface area contributed by atoms with Gasteiger partial charge in [0.25, 0.3) is 0 Å². The summed E-state index contributed by atoms with van der Waals surface area (Å²) in [5.74, 6) is -0.607. The molecule has 0 saturated carbocycles. The maximum Gasteiger partial charge on any atom is 0.573 e. The molecular weight excluding hydrogens is 339 g/mol. The molecule has 0 amide bonds. The average molecular weight is 349 g/mol. The van der Waals surface area contributed by atoms with E-state index in [1.807, 2.05) is 0 Å². The molecule has 108 valence electrons. The van der Waals surface area contributed by atoms with Gasteiger partial charge >= 0.3 is 13.0 Å². The smallest absolute Gasteiger partial charge is 0.435 e. The molecule has 0 radical (unpaired) electrons. The largest absolute Gasteiger partial charge is 0.573 e. The Kier molecular flexibility index (Phi) is 5.84. The molecule has 0 N–H and O–H groups in total. The van der Waals surface area contributed by atoms with E-state index >= 15 is 0 Å². The summed E-state index contributed by atoms with van der Waals surface area (Å²) in [4.78, 5) is 0. The van der Waals surface area contributed by atoms with Gasteiger partial charge in [-0.1, -0.05) is 15.9 Å². The minimum atomic E-state index is -4.82. The minimum absolute atomic E-state index is 0.148. The number of rotatable bonds is 6. The molecule has 2 nitrogen and oxygen atoms in total. The molecule has 0 aliphatic rings. The van der Waals surface area contributed by atoms with Gasteiger partial charge in [0.2, 0.25) is 0 Å². The van der Waals surface area contributed by atoms with E-state index in [2.05, 4.69) is 25.4 Å². The molecule has 0 atom stereocenters. The molecule has 1 aromatic carbocycles. The Hall–Kier alpha value is -1.05. The fraction of sp³-hybridized carbons (Fsp3) is 0.455. The van der Waals surface area contributed by atoms with Crippen molar-refractivity contribution in [2.45, 2.75) is 25.8 Å². The van der Waals surface area contributed by atoms with Gasteiger partial charge in [0.1, 0.15) is 11.5 Å². The first-order valence-corrected chi connectivity index (χ1v) is 6.33. The van der Waals surface area contributed by atoms with E-state index < -0.39 is 18.7 Å². The highest BCUT2D eigenvalue weighted by atomic mass is 79.9. The number of hydrogen-bond acceptors (Lipinski definition) is 2. The Labute approximate surface area is 114 Å². The molecule has 19 heavy (non-hydrogen) atoms. The molecular formula is C11H10BrF5O2. The summed E-state index contributed by atoms with van der Waals surface area (Å²) in [6.45, 7) is -3.03. The molecule has 0 bridgehead atoms. The van der Waals surface area contributed by atoms with Gasteiger partial charge in [-0.15, -0.1) is 13.2 Å². The van der Waals surface area contributed by atoms with Crippen molar-refractivity contribution in [1.29, 1.82) is 0 Å². The van der Waals surface area contributed by atoms with Crippen molar-refractivity contribution in [1.82, 2.24) is 0 Å². The lowest BCUT2D eigenvalue weighted by atomic mass is 10.1. The van der Waals surface area contributed by atoms with Gasteiger partial charge in [-0.05, 0) is 36.6 Å². The van der Waals surface area contributed by atoms with Crippen LogP contribution < -0.4 is 9.47 Å². The zero-order valence-corrected chi connectivity index (χ0v) is 11.1. The first-order valence-electron chi connectivity index (χ1n) is 5.21. The molecule has 0 spiro atoms. The van der Waals surface area contributed by atoms with Crippen molar-refractivity contribution >= 4 is 15.9 Å². The van der Waals surface area contributed by atoms with E-state index in [1.54, 1.807) is 0 Å². The van der Waals surface area contributed by atoms with Gasteiger partial charge in [-0.25, -0.2) is 0 Å². The van der Waals surface area contributed by atoms with Crippen LogP contribution in [0.15, 0.2) is 18.2 Å². The van der Waals surface area contributed by atoms with Gasteiger partial charge in [0.05, 0.1) is 0 Å². The van der Waals surface area contributed by atoms with Crippen molar-refractivity contribution in [3.05, 3.63) is 23.8 Å². The van der Waals surface area contributed by atoms with Gasteiger partial charge in [0, 0.05) is 5.33 Å². The average Bonchev–Trinajstić information content (AvgIpc) is 2.26. The highest BCUT2D eigenvalue weighted by Gasteiger charge is 2.31. The summed E-state index contributed by atoms with van der Waals surface area (Å²) in [6.07, 6.45) is -3.96. The van der Waals surface area contributed by atoms with Crippen molar-refractivity contribution in [3.63, 3.8) is 0 Å². The molecule has 0 aliphatic carbocycles. The predicted octanol–water partition coefficient (Wildman–Crippen LogP) is 4.51. The molecule has 0 aromatic heterocycles. The highest BCUT2D eigenvalue weighted by molar-refractivity contribution is 9.09. The standard InChI is InChI=1S/C11H10BrF5O2/c12-5-1-2-7-6-8(19-11(15,16)17)3-4-9(7)18-10(13)14/h3-4,6,10H,1-2,5H2. The maximum atomic E-state index is 12.2. The van der Waals surface area contributed by atoms with E-state index in [4.69, 9.17) is 0 Å². The van der Waals surface area contributed by atoms with Gasteiger partial charge in [-0.3, -0.25) is 0 Å². The van der Waals surface area contributed by atoms with Gasteiger partial charge < -0.3 is 9.47 Å². The Morgan fingerprint density at radius 2 is 1.89 bits per heavy atom. The highest BCUT2D eigenvalue weighted by Crippen LogP contribution is 2.30. The summed E-state index contributed by atoms with van der Waals surface area (Å²) in [5.41, 5.74) is 0.238. The second-order valence-corrected chi connectivity index (χ2v) is 4.28. The van der Waals surface area contributed by atoms with E-state index in [-0.39, 0.29) is 11.3 Å². The van der Waals surface area contributed by atoms with Crippen LogP contribution in [0.4, 0.5) is 22.0 Å². The third-order valence-corrected chi connectivity index (χ3v) is 2.62. The van der Waals surface area contributed by atoms with Crippen LogP contribution in [0.25, 0.3) is 0 Å². The van der Waals surface area contributed by atoms with Crippen molar-refractivity contribution in [2.75, 3.05) is 5.33 Å². The van der Waals surface area contributed by atoms with Crippen LogP contribution in [-0.2, 0) is 6.42 Å².